The molecule has 0 spiro atoms. The van der Waals surface area contributed by atoms with E-state index in [1.165, 1.54) is 15.7 Å². The van der Waals surface area contributed by atoms with Crippen LogP contribution in [0.2, 0.25) is 0 Å². The fourth-order valence-corrected chi connectivity index (χ4v) is 4.63. The number of rotatable bonds is 3. The van der Waals surface area contributed by atoms with Crippen LogP contribution in [0.25, 0.3) is 10.2 Å². The topological polar surface area (TPSA) is 36.4 Å². The van der Waals surface area contributed by atoms with E-state index in [2.05, 4.69) is 29.4 Å². The molecule has 4 nitrogen and oxygen atoms in total. The molecule has 0 saturated carbocycles. The maximum absolute atomic E-state index is 13.8. The van der Waals surface area contributed by atoms with Crippen LogP contribution in [0.3, 0.4) is 0 Å². The van der Waals surface area contributed by atoms with E-state index in [1.807, 2.05) is 0 Å². The van der Waals surface area contributed by atoms with Crippen LogP contribution in [0.15, 0.2) is 47.4 Å². The van der Waals surface area contributed by atoms with Crippen molar-refractivity contribution in [2.45, 2.75) is 4.90 Å². The summed E-state index contributed by atoms with van der Waals surface area (Å²) in [5, 5.41) is 0.983. The van der Waals surface area contributed by atoms with Crippen molar-refractivity contribution in [2.75, 3.05) is 37.3 Å². The van der Waals surface area contributed by atoms with Gasteiger partial charge in [0.25, 0.3) is 5.91 Å². The fraction of sp³-hybridized carbons (Fsp3) is 0.263. The number of thiazole rings is 1. The number of thioether (sulfide) groups is 1. The summed E-state index contributed by atoms with van der Waals surface area (Å²) in [6.45, 7) is 2.54. The van der Waals surface area contributed by atoms with Gasteiger partial charge in [-0.25, -0.2) is 9.37 Å². The summed E-state index contributed by atoms with van der Waals surface area (Å²) < 4.78 is 15.0. The fourth-order valence-electron chi connectivity index (χ4n) is 3.06. The van der Waals surface area contributed by atoms with E-state index < -0.39 is 5.82 Å². The third kappa shape index (κ3) is 3.29. The molecule has 1 aliphatic rings. The highest BCUT2D eigenvalue weighted by Crippen LogP contribution is 2.32. The molecular formula is C19H18FN3OS2. The summed E-state index contributed by atoms with van der Waals surface area (Å²) in [7, 11) is 0. The van der Waals surface area contributed by atoms with Crippen molar-refractivity contribution in [1.82, 2.24) is 9.88 Å². The number of fused-ring (bicyclic) bond motifs is 1. The number of carbonyl (C=O) groups is 1. The smallest absolute Gasteiger partial charge is 0.256 e. The van der Waals surface area contributed by atoms with Crippen molar-refractivity contribution in [2.24, 2.45) is 0 Å². The molecule has 1 fully saturated rings. The summed E-state index contributed by atoms with van der Waals surface area (Å²) in [6.07, 6.45) is 2.06. The van der Waals surface area contributed by atoms with Gasteiger partial charge in [-0.15, -0.1) is 11.8 Å². The number of benzene rings is 2. The zero-order valence-electron chi connectivity index (χ0n) is 14.3. The summed E-state index contributed by atoms with van der Waals surface area (Å²) in [5.41, 5.74) is 1.15. The highest BCUT2D eigenvalue weighted by molar-refractivity contribution is 7.98. The third-order valence-corrected chi connectivity index (χ3v) is 6.33. The van der Waals surface area contributed by atoms with Gasteiger partial charge in [-0.1, -0.05) is 23.5 Å². The van der Waals surface area contributed by atoms with E-state index in [1.54, 1.807) is 46.2 Å². The van der Waals surface area contributed by atoms with Crippen LogP contribution in [-0.2, 0) is 0 Å². The van der Waals surface area contributed by atoms with Gasteiger partial charge in [0.05, 0.1) is 15.8 Å². The Hall–Kier alpha value is -2.12. The highest BCUT2D eigenvalue weighted by atomic mass is 32.2. The molecule has 1 aliphatic heterocycles. The number of aromatic nitrogens is 1. The molecule has 0 unspecified atom stereocenters. The maximum atomic E-state index is 13.8. The van der Waals surface area contributed by atoms with E-state index in [0.717, 1.165) is 10.6 Å². The normalized spacial score (nSPS) is 14.8. The van der Waals surface area contributed by atoms with Gasteiger partial charge in [-0.05, 0) is 36.6 Å². The van der Waals surface area contributed by atoms with Crippen molar-refractivity contribution in [3.63, 3.8) is 0 Å². The van der Waals surface area contributed by atoms with E-state index in [4.69, 9.17) is 4.98 Å². The second-order valence-electron chi connectivity index (χ2n) is 6.09. The molecule has 1 aromatic heterocycles. The van der Waals surface area contributed by atoms with Gasteiger partial charge in [-0.2, -0.15) is 0 Å². The molecule has 1 amide bonds. The second kappa shape index (κ2) is 7.25. The molecule has 0 N–H and O–H groups in total. The first-order chi connectivity index (χ1) is 12.7. The lowest BCUT2D eigenvalue weighted by Gasteiger charge is -2.34. The lowest BCUT2D eigenvalue weighted by Crippen LogP contribution is -2.49. The van der Waals surface area contributed by atoms with Gasteiger partial charge in [0.2, 0.25) is 0 Å². The molecule has 0 bridgehead atoms. The summed E-state index contributed by atoms with van der Waals surface area (Å²) >= 11 is 3.40. The average Bonchev–Trinajstić information content (AvgIpc) is 3.11. The zero-order chi connectivity index (χ0) is 18.1. The number of halogens is 1. The SMILES string of the molecule is CSc1ccc2nc(N3CCN(C(=O)c4ccccc4F)CC3)sc2c1. The minimum absolute atomic E-state index is 0.144. The number of amides is 1. The van der Waals surface area contributed by atoms with E-state index in [0.29, 0.717) is 26.2 Å². The number of hydrogen-bond acceptors (Lipinski definition) is 5. The molecule has 7 heteroatoms. The molecule has 2 aromatic carbocycles. The predicted molar refractivity (Wildman–Crippen MR) is 106 cm³/mol. The molecule has 3 aromatic rings. The minimum Gasteiger partial charge on any atom is -0.345 e. The third-order valence-electron chi connectivity index (χ3n) is 4.53. The Morgan fingerprint density at radius 1 is 1.15 bits per heavy atom. The first-order valence-electron chi connectivity index (χ1n) is 8.39. The molecular weight excluding hydrogens is 369 g/mol. The zero-order valence-corrected chi connectivity index (χ0v) is 15.9. The second-order valence-corrected chi connectivity index (χ2v) is 7.98. The molecule has 26 heavy (non-hydrogen) atoms. The van der Waals surface area contributed by atoms with E-state index >= 15 is 0 Å². The quantitative estimate of drug-likeness (QED) is 0.634. The lowest BCUT2D eigenvalue weighted by atomic mass is 10.1. The van der Waals surface area contributed by atoms with Crippen molar-refractivity contribution in [1.29, 1.82) is 0 Å². The van der Waals surface area contributed by atoms with E-state index in [9.17, 15) is 9.18 Å². The number of piperazine rings is 1. The van der Waals surface area contributed by atoms with Gasteiger partial charge < -0.3 is 9.80 Å². The van der Waals surface area contributed by atoms with Crippen LogP contribution >= 0.6 is 23.1 Å². The van der Waals surface area contributed by atoms with Crippen molar-refractivity contribution in [3.8, 4) is 0 Å². The van der Waals surface area contributed by atoms with Gasteiger partial charge in [-0.3, -0.25) is 4.79 Å². The Bertz CT molecular complexity index is 951. The van der Waals surface area contributed by atoms with Crippen LogP contribution in [0.1, 0.15) is 10.4 Å². The Balaban J connectivity index is 1.46. The lowest BCUT2D eigenvalue weighted by molar-refractivity contribution is 0.0742. The van der Waals surface area contributed by atoms with Crippen molar-refractivity contribution in [3.05, 3.63) is 53.8 Å². The van der Waals surface area contributed by atoms with Crippen molar-refractivity contribution < 1.29 is 9.18 Å². The van der Waals surface area contributed by atoms with Crippen LogP contribution in [0.5, 0.6) is 0 Å². The van der Waals surface area contributed by atoms with Gasteiger partial charge in [0, 0.05) is 31.1 Å². The Labute approximate surface area is 159 Å². The van der Waals surface area contributed by atoms with Gasteiger partial charge in [0.15, 0.2) is 5.13 Å². The number of carbonyl (C=O) groups excluding carboxylic acids is 1. The van der Waals surface area contributed by atoms with Crippen LogP contribution in [0.4, 0.5) is 9.52 Å². The number of nitrogens with zero attached hydrogens (tertiary/aromatic N) is 3. The first kappa shape index (κ1) is 17.3. The maximum Gasteiger partial charge on any atom is 0.256 e. The predicted octanol–water partition coefficient (Wildman–Crippen LogP) is 4.12. The van der Waals surface area contributed by atoms with Crippen LogP contribution in [-0.4, -0.2) is 48.2 Å². The number of hydrogen-bond donors (Lipinski definition) is 0. The van der Waals surface area contributed by atoms with E-state index in [-0.39, 0.29) is 11.5 Å². The molecule has 0 atom stereocenters. The van der Waals surface area contributed by atoms with Crippen LogP contribution < -0.4 is 4.90 Å². The summed E-state index contributed by atoms with van der Waals surface area (Å²) in [4.78, 5) is 22.4. The Morgan fingerprint density at radius 3 is 2.65 bits per heavy atom. The molecule has 4 rings (SSSR count). The van der Waals surface area contributed by atoms with Gasteiger partial charge >= 0.3 is 0 Å². The molecule has 134 valence electrons. The molecule has 1 saturated heterocycles. The molecule has 2 heterocycles. The standard InChI is InChI=1S/C19H18FN3OS2/c1-25-13-6-7-16-17(12-13)26-19(21-16)23-10-8-22(9-11-23)18(24)14-4-2-3-5-15(14)20/h2-7,12H,8-11H2,1H3. The minimum atomic E-state index is -0.462. The van der Waals surface area contributed by atoms with Crippen LogP contribution in [0, 0.1) is 5.82 Å². The Kier molecular flexibility index (Phi) is 4.82. The van der Waals surface area contributed by atoms with Gasteiger partial charge in [0.1, 0.15) is 5.82 Å². The van der Waals surface area contributed by atoms with Crippen molar-refractivity contribution >= 4 is 44.4 Å². The molecule has 0 aliphatic carbocycles. The average molecular weight is 388 g/mol. The Morgan fingerprint density at radius 2 is 1.92 bits per heavy atom. The monoisotopic (exact) mass is 387 g/mol. The summed E-state index contributed by atoms with van der Waals surface area (Å²) in [5.74, 6) is -0.702. The number of anilines is 1. The highest BCUT2D eigenvalue weighted by Gasteiger charge is 2.25. The largest absolute Gasteiger partial charge is 0.345 e. The summed E-state index contributed by atoms with van der Waals surface area (Å²) in [6, 6.07) is 12.5. The first-order valence-corrected chi connectivity index (χ1v) is 10.4. The molecule has 0 radical (unpaired) electrons.